The van der Waals surface area contributed by atoms with Gasteiger partial charge in [-0.1, -0.05) is 0 Å². The number of benzene rings is 1. The Labute approximate surface area is 107 Å². The molecule has 0 aromatic heterocycles. The number of nitriles is 1. The highest BCUT2D eigenvalue weighted by Gasteiger charge is 2.28. The van der Waals surface area contributed by atoms with Gasteiger partial charge in [-0.25, -0.2) is 8.42 Å². The van der Waals surface area contributed by atoms with Gasteiger partial charge in [0.1, 0.15) is 5.75 Å². The first-order valence-electron chi connectivity index (χ1n) is 5.61. The van der Waals surface area contributed by atoms with Gasteiger partial charge in [0.15, 0.2) is 0 Å². The number of hydrogen-bond donors (Lipinski definition) is 0. The molecule has 0 unspecified atom stereocenters. The van der Waals surface area contributed by atoms with E-state index in [4.69, 9.17) is 10.00 Å². The zero-order valence-corrected chi connectivity index (χ0v) is 10.9. The van der Waals surface area contributed by atoms with E-state index in [0.29, 0.717) is 24.3 Å². The fourth-order valence-electron chi connectivity index (χ4n) is 2.03. The second kappa shape index (κ2) is 4.96. The lowest BCUT2D eigenvalue weighted by Gasteiger charge is -2.16. The molecule has 2 rings (SSSR count). The van der Waals surface area contributed by atoms with Crippen molar-refractivity contribution in [2.24, 2.45) is 0 Å². The van der Waals surface area contributed by atoms with Crippen LogP contribution in [0, 0.1) is 11.3 Å². The maximum atomic E-state index is 11.7. The zero-order chi connectivity index (χ0) is 13.2. The van der Waals surface area contributed by atoms with Crippen LogP contribution in [0.1, 0.15) is 17.5 Å². The number of sulfonamides is 1. The van der Waals surface area contributed by atoms with Crippen LogP contribution < -0.4 is 4.74 Å². The first kappa shape index (κ1) is 12.9. The summed E-state index contributed by atoms with van der Waals surface area (Å²) in [6, 6.07) is 7.06. The highest BCUT2D eigenvalue weighted by atomic mass is 32.2. The van der Waals surface area contributed by atoms with Crippen LogP contribution in [0.5, 0.6) is 5.75 Å². The van der Waals surface area contributed by atoms with E-state index in [1.54, 1.807) is 18.2 Å². The topological polar surface area (TPSA) is 70.4 Å². The van der Waals surface area contributed by atoms with Gasteiger partial charge in [0, 0.05) is 18.7 Å². The zero-order valence-electron chi connectivity index (χ0n) is 10.1. The van der Waals surface area contributed by atoms with Crippen LogP contribution in [0.4, 0.5) is 0 Å². The summed E-state index contributed by atoms with van der Waals surface area (Å²) >= 11 is 0. The van der Waals surface area contributed by atoms with Gasteiger partial charge in [0.2, 0.25) is 10.0 Å². The lowest BCUT2D eigenvalue weighted by atomic mass is 10.1. The standard InChI is InChI=1S/C12H14N2O3S/c1-17-12-4-3-10(8-13)7-11(12)9-14-5-2-6-18(14,15)16/h3-4,7H,2,5-6,9H2,1H3. The Kier molecular flexibility index (Phi) is 3.55. The third-order valence-electron chi connectivity index (χ3n) is 2.96. The molecule has 96 valence electrons. The van der Waals surface area contributed by atoms with Gasteiger partial charge in [-0.2, -0.15) is 9.57 Å². The van der Waals surface area contributed by atoms with Crippen LogP contribution in [0.25, 0.3) is 0 Å². The predicted octanol–water partition coefficient (Wildman–Crippen LogP) is 1.10. The number of ether oxygens (including phenoxy) is 1. The molecule has 1 saturated heterocycles. The van der Waals surface area contributed by atoms with Crippen molar-refractivity contribution in [2.45, 2.75) is 13.0 Å². The minimum absolute atomic E-state index is 0.202. The first-order valence-corrected chi connectivity index (χ1v) is 7.22. The van der Waals surface area contributed by atoms with Crippen molar-refractivity contribution >= 4 is 10.0 Å². The van der Waals surface area contributed by atoms with E-state index < -0.39 is 10.0 Å². The lowest BCUT2D eigenvalue weighted by Crippen LogP contribution is -2.25. The van der Waals surface area contributed by atoms with E-state index >= 15 is 0 Å². The first-order chi connectivity index (χ1) is 8.56. The molecule has 1 aliphatic rings. The molecule has 1 aliphatic heterocycles. The summed E-state index contributed by atoms with van der Waals surface area (Å²) in [6.07, 6.45) is 0.655. The van der Waals surface area contributed by atoms with E-state index in [1.807, 2.05) is 6.07 Å². The Hall–Kier alpha value is -1.58. The summed E-state index contributed by atoms with van der Waals surface area (Å²) in [5, 5.41) is 8.87. The van der Waals surface area contributed by atoms with Crippen molar-refractivity contribution < 1.29 is 13.2 Å². The molecule has 0 atom stereocenters. The Bertz CT molecular complexity index is 590. The second-order valence-corrected chi connectivity index (χ2v) is 6.23. The molecule has 1 aromatic carbocycles. The molecule has 1 fully saturated rings. The van der Waals surface area contributed by atoms with Crippen molar-refractivity contribution in [2.75, 3.05) is 19.4 Å². The van der Waals surface area contributed by atoms with E-state index in [0.717, 1.165) is 5.56 Å². The predicted molar refractivity (Wildman–Crippen MR) is 66.5 cm³/mol. The molecule has 0 spiro atoms. The van der Waals surface area contributed by atoms with Gasteiger partial charge in [0.05, 0.1) is 24.5 Å². The summed E-state index contributed by atoms with van der Waals surface area (Å²) in [4.78, 5) is 0. The molecule has 0 saturated carbocycles. The van der Waals surface area contributed by atoms with Crippen molar-refractivity contribution in [3.8, 4) is 11.8 Å². The maximum Gasteiger partial charge on any atom is 0.214 e. The van der Waals surface area contributed by atoms with Crippen LogP contribution in [-0.4, -0.2) is 32.1 Å². The highest BCUT2D eigenvalue weighted by molar-refractivity contribution is 7.89. The number of rotatable bonds is 3. The second-order valence-electron chi connectivity index (χ2n) is 4.14. The van der Waals surface area contributed by atoms with Gasteiger partial charge in [-0.3, -0.25) is 0 Å². The Morgan fingerprint density at radius 2 is 2.28 bits per heavy atom. The largest absolute Gasteiger partial charge is 0.496 e. The molecular weight excluding hydrogens is 252 g/mol. The van der Waals surface area contributed by atoms with E-state index in [1.165, 1.54) is 11.4 Å². The van der Waals surface area contributed by atoms with Crippen LogP contribution in [0.15, 0.2) is 18.2 Å². The summed E-state index contributed by atoms with van der Waals surface area (Å²) in [5.41, 5.74) is 1.23. The minimum Gasteiger partial charge on any atom is -0.496 e. The van der Waals surface area contributed by atoms with E-state index in [2.05, 4.69) is 0 Å². The molecule has 18 heavy (non-hydrogen) atoms. The van der Waals surface area contributed by atoms with E-state index in [-0.39, 0.29) is 12.3 Å². The van der Waals surface area contributed by atoms with Crippen LogP contribution >= 0.6 is 0 Å². The van der Waals surface area contributed by atoms with Gasteiger partial charge >= 0.3 is 0 Å². The fourth-order valence-corrected chi connectivity index (χ4v) is 3.53. The summed E-state index contributed by atoms with van der Waals surface area (Å²) in [5.74, 6) is 0.809. The third-order valence-corrected chi connectivity index (χ3v) is 4.86. The Morgan fingerprint density at radius 3 is 2.83 bits per heavy atom. The molecule has 1 heterocycles. The number of methoxy groups -OCH3 is 1. The third kappa shape index (κ3) is 2.47. The molecule has 6 heteroatoms. The number of nitrogens with zero attached hydrogens (tertiary/aromatic N) is 2. The highest BCUT2D eigenvalue weighted by Crippen LogP contribution is 2.24. The minimum atomic E-state index is -3.13. The normalized spacial score (nSPS) is 18.4. The molecular formula is C12H14N2O3S. The molecule has 0 bridgehead atoms. The monoisotopic (exact) mass is 266 g/mol. The summed E-state index contributed by atoms with van der Waals surface area (Å²) in [7, 11) is -1.60. The Balaban J connectivity index is 2.31. The Morgan fingerprint density at radius 1 is 1.50 bits per heavy atom. The van der Waals surface area contributed by atoms with Crippen LogP contribution in [0.3, 0.4) is 0 Å². The molecule has 0 amide bonds. The average molecular weight is 266 g/mol. The van der Waals surface area contributed by atoms with Crippen LogP contribution in [0.2, 0.25) is 0 Å². The molecule has 0 N–H and O–H groups in total. The van der Waals surface area contributed by atoms with Gasteiger partial charge in [0.25, 0.3) is 0 Å². The van der Waals surface area contributed by atoms with Crippen molar-refractivity contribution in [1.82, 2.24) is 4.31 Å². The van der Waals surface area contributed by atoms with Gasteiger partial charge < -0.3 is 4.74 Å². The summed E-state index contributed by atoms with van der Waals surface area (Å²) < 4.78 is 30.1. The van der Waals surface area contributed by atoms with Crippen LogP contribution in [-0.2, 0) is 16.6 Å². The van der Waals surface area contributed by atoms with Crippen molar-refractivity contribution in [3.63, 3.8) is 0 Å². The molecule has 5 nitrogen and oxygen atoms in total. The average Bonchev–Trinajstić information content (AvgIpc) is 2.68. The molecule has 0 radical (unpaired) electrons. The van der Waals surface area contributed by atoms with Gasteiger partial charge in [-0.15, -0.1) is 0 Å². The van der Waals surface area contributed by atoms with Crippen molar-refractivity contribution in [1.29, 1.82) is 5.26 Å². The fraction of sp³-hybridized carbons (Fsp3) is 0.417. The lowest BCUT2D eigenvalue weighted by molar-refractivity contribution is 0.391. The maximum absolute atomic E-state index is 11.7. The number of hydrogen-bond acceptors (Lipinski definition) is 4. The van der Waals surface area contributed by atoms with E-state index in [9.17, 15) is 8.42 Å². The molecule has 0 aliphatic carbocycles. The smallest absolute Gasteiger partial charge is 0.214 e. The molecule has 1 aromatic rings. The van der Waals surface area contributed by atoms with Crippen molar-refractivity contribution in [3.05, 3.63) is 29.3 Å². The summed E-state index contributed by atoms with van der Waals surface area (Å²) in [6.45, 7) is 0.795. The van der Waals surface area contributed by atoms with Gasteiger partial charge in [-0.05, 0) is 24.6 Å². The SMILES string of the molecule is COc1ccc(C#N)cc1CN1CCCS1(=O)=O. The quantitative estimate of drug-likeness (QED) is 0.821.